The molecule has 0 radical (unpaired) electrons. The van der Waals surface area contributed by atoms with E-state index in [0.717, 1.165) is 6.07 Å². The minimum absolute atomic E-state index is 0. The Morgan fingerprint density at radius 2 is 2.21 bits per heavy atom. The van der Waals surface area contributed by atoms with E-state index in [0.29, 0.717) is 11.3 Å². The van der Waals surface area contributed by atoms with Gasteiger partial charge in [-0.15, -0.1) is 0 Å². The molecular formula is C9H9FNaO3+. The van der Waals surface area contributed by atoms with Gasteiger partial charge < -0.3 is 9.84 Å². The first-order chi connectivity index (χ1) is 6.13. The molecule has 1 rings (SSSR count). The fourth-order valence-corrected chi connectivity index (χ4v) is 1.05. The van der Waals surface area contributed by atoms with Crippen molar-refractivity contribution in [3.8, 4) is 5.75 Å². The molecule has 3 nitrogen and oxygen atoms in total. The zero-order valence-electron chi connectivity index (χ0n) is 8.08. The van der Waals surface area contributed by atoms with Crippen molar-refractivity contribution in [2.45, 2.75) is 6.42 Å². The number of methoxy groups -OCH3 is 1. The molecule has 0 aromatic heterocycles. The van der Waals surface area contributed by atoms with Crippen molar-refractivity contribution < 1.29 is 48.6 Å². The summed E-state index contributed by atoms with van der Waals surface area (Å²) in [6, 6.07) is 3.80. The van der Waals surface area contributed by atoms with Crippen LogP contribution in [0.4, 0.5) is 4.39 Å². The van der Waals surface area contributed by atoms with Gasteiger partial charge in [0.05, 0.1) is 13.5 Å². The molecule has 0 bridgehead atoms. The molecule has 1 aromatic rings. The molecule has 0 unspecified atom stereocenters. The van der Waals surface area contributed by atoms with E-state index in [-0.39, 0.29) is 36.0 Å². The maximum absolute atomic E-state index is 12.7. The van der Waals surface area contributed by atoms with Gasteiger partial charge in [-0.2, -0.15) is 0 Å². The number of benzene rings is 1. The van der Waals surface area contributed by atoms with Gasteiger partial charge in [0.1, 0.15) is 11.6 Å². The first-order valence-electron chi connectivity index (χ1n) is 3.67. The minimum atomic E-state index is -1.01. The number of ether oxygens (including phenoxy) is 1. The standard InChI is InChI=1S/C9H9FO3.Na/c1-13-8-3-2-7(10)4-6(8)5-9(11)12;/h2-4H,5H2,1H3,(H,11,12);/q;+1. The summed E-state index contributed by atoms with van der Waals surface area (Å²) in [7, 11) is 1.42. The summed E-state index contributed by atoms with van der Waals surface area (Å²) < 4.78 is 17.6. The van der Waals surface area contributed by atoms with E-state index >= 15 is 0 Å². The molecular weight excluding hydrogens is 198 g/mol. The van der Waals surface area contributed by atoms with Gasteiger partial charge in [0.15, 0.2) is 0 Å². The largest absolute Gasteiger partial charge is 1.00 e. The van der Waals surface area contributed by atoms with Crippen LogP contribution in [0.2, 0.25) is 0 Å². The Balaban J connectivity index is 0.00000169. The maximum atomic E-state index is 12.7. The van der Waals surface area contributed by atoms with E-state index < -0.39 is 11.8 Å². The Morgan fingerprint density at radius 3 is 2.71 bits per heavy atom. The van der Waals surface area contributed by atoms with E-state index in [4.69, 9.17) is 9.84 Å². The van der Waals surface area contributed by atoms with Crippen molar-refractivity contribution in [2.75, 3.05) is 7.11 Å². The Labute approximate surface area is 103 Å². The number of rotatable bonds is 3. The van der Waals surface area contributed by atoms with Gasteiger partial charge in [-0.1, -0.05) is 0 Å². The van der Waals surface area contributed by atoms with Crippen molar-refractivity contribution >= 4 is 5.97 Å². The number of hydrogen-bond acceptors (Lipinski definition) is 2. The van der Waals surface area contributed by atoms with Crippen LogP contribution in [0.3, 0.4) is 0 Å². The molecule has 5 heteroatoms. The summed E-state index contributed by atoms with van der Waals surface area (Å²) in [5, 5.41) is 8.50. The van der Waals surface area contributed by atoms with Crippen LogP contribution in [0.25, 0.3) is 0 Å². The molecule has 0 spiro atoms. The molecule has 0 atom stereocenters. The van der Waals surface area contributed by atoms with E-state index in [1.165, 1.54) is 19.2 Å². The topological polar surface area (TPSA) is 46.5 Å². The normalized spacial score (nSPS) is 9.00. The quantitative estimate of drug-likeness (QED) is 0.611. The third-order valence-electron chi connectivity index (χ3n) is 1.58. The molecule has 0 fully saturated rings. The second-order valence-electron chi connectivity index (χ2n) is 2.53. The SMILES string of the molecule is COc1ccc(F)cc1CC(=O)O.[Na+]. The van der Waals surface area contributed by atoms with Gasteiger partial charge in [-0.25, -0.2) is 4.39 Å². The Kier molecular flexibility index (Phi) is 5.76. The molecule has 0 aliphatic carbocycles. The Hall–Kier alpha value is -0.580. The Morgan fingerprint density at radius 1 is 1.57 bits per heavy atom. The van der Waals surface area contributed by atoms with E-state index in [9.17, 15) is 9.18 Å². The second-order valence-corrected chi connectivity index (χ2v) is 2.53. The third-order valence-corrected chi connectivity index (χ3v) is 1.58. The zero-order chi connectivity index (χ0) is 9.84. The monoisotopic (exact) mass is 207 g/mol. The summed E-state index contributed by atoms with van der Waals surface area (Å²) >= 11 is 0. The molecule has 1 N–H and O–H groups in total. The van der Waals surface area contributed by atoms with Gasteiger partial charge in [-0.3, -0.25) is 4.79 Å². The molecule has 70 valence electrons. The maximum Gasteiger partial charge on any atom is 1.00 e. The summed E-state index contributed by atoms with van der Waals surface area (Å²) in [5.74, 6) is -1.08. The zero-order valence-corrected chi connectivity index (χ0v) is 10.1. The van der Waals surface area contributed by atoms with Crippen LogP contribution in [0.1, 0.15) is 5.56 Å². The molecule has 0 aliphatic heterocycles. The van der Waals surface area contributed by atoms with Crippen LogP contribution < -0.4 is 34.3 Å². The van der Waals surface area contributed by atoms with E-state index in [1.54, 1.807) is 0 Å². The number of hydrogen-bond donors (Lipinski definition) is 1. The van der Waals surface area contributed by atoms with Gasteiger partial charge in [0, 0.05) is 5.56 Å². The van der Waals surface area contributed by atoms with Gasteiger partial charge in [0.2, 0.25) is 0 Å². The molecule has 1 aromatic carbocycles. The van der Waals surface area contributed by atoms with Crippen LogP contribution in [0, 0.1) is 5.82 Å². The minimum Gasteiger partial charge on any atom is -0.496 e. The summed E-state index contributed by atoms with van der Waals surface area (Å²) in [6.07, 6.45) is -0.235. The Bertz CT molecular complexity index is 328. The summed E-state index contributed by atoms with van der Waals surface area (Å²) in [4.78, 5) is 10.4. The molecule has 0 saturated carbocycles. The summed E-state index contributed by atoms with van der Waals surface area (Å²) in [6.45, 7) is 0. The fraction of sp³-hybridized carbons (Fsp3) is 0.222. The third kappa shape index (κ3) is 3.65. The molecule has 0 heterocycles. The molecule has 0 aliphatic rings. The van der Waals surface area contributed by atoms with Crippen LogP contribution in [-0.4, -0.2) is 18.2 Å². The van der Waals surface area contributed by atoms with Crippen molar-refractivity contribution in [3.05, 3.63) is 29.6 Å². The average Bonchev–Trinajstić information content (AvgIpc) is 2.03. The van der Waals surface area contributed by atoms with Crippen LogP contribution in [0.15, 0.2) is 18.2 Å². The van der Waals surface area contributed by atoms with Crippen molar-refractivity contribution in [1.29, 1.82) is 0 Å². The van der Waals surface area contributed by atoms with Gasteiger partial charge in [-0.05, 0) is 18.2 Å². The van der Waals surface area contributed by atoms with Crippen molar-refractivity contribution in [3.63, 3.8) is 0 Å². The molecule has 0 saturated heterocycles. The predicted molar refractivity (Wildman–Crippen MR) is 44.3 cm³/mol. The molecule has 14 heavy (non-hydrogen) atoms. The van der Waals surface area contributed by atoms with Crippen LogP contribution in [-0.2, 0) is 11.2 Å². The molecule has 0 amide bonds. The van der Waals surface area contributed by atoms with E-state index in [2.05, 4.69) is 0 Å². The van der Waals surface area contributed by atoms with E-state index in [1.807, 2.05) is 0 Å². The smallest absolute Gasteiger partial charge is 0.496 e. The van der Waals surface area contributed by atoms with Gasteiger partial charge in [0.25, 0.3) is 0 Å². The first-order valence-corrected chi connectivity index (χ1v) is 3.67. The first kappa shape index (κ1) is 13.4. The predicted octanol–water partition coefficient (Wildman–Crippen LogP) is -1.53. The fourth-order valence-electron chi connectivity index (χ4n) is 1.05. The van der Waals surface area contributed by atoms with Crippen molar-refractivity contribution in [2.24, 2.45) is 0 Å². The number of carbonyl (C=O) groups is 1. The number of carboxylic acid groups (broad SMARTS) is 1. The van der Waals surface area contributed by atoms with Crippen LogP contribution in [0.5, 0.6) is 5.75 Å². The number of aliphatic carboxylic acids is 1. The number of halogens is 1. The average molecular weight is 207 g/mol. The van der Waals surface area contributed by atoms with Crippen LogP contribution >= 0.6 is 0 Å². The summed E-state index contributed by atoms with van der Waals surface area (Å²) in [5.41, 5.74) is 0.343. The van der Waals surface area contributed by atoms with Crippen molar-refractivity contribution in [1.82, 2.24) is 0 Å². The van der Waals surface area contributed by atoms with Gasteiger partial charge >= 0.3 is 35.5 Å². The number of carboxylic acids is 1. The second kappa shape index (κ2) is 6.01.